The summed E-state index contributed by atoms with van der Waals surface area (Å²) in [6.45, 7) is 0. The third-order valence-corrected chi connectivity index (χ3v) is 4.73. The Bertz CT molecular complexity index is 1380. The molecule has 0 spiro atoms. The summed E-state index contributed by atoms with van der Waals surface area (Å²) in [5.41, 5.74) is 1.33. The van der Waals surface area contributed by atoms with Gasteiger partial charge in [0, 0.05) is 17.6 Å². The van der Waals surface area contributed by atoms with Gasteiger partial charge in [-0.15, -0.1) is 0 Å². The number of nitrogens with one attached hydrogen (secondary N) is 2. The Kier molecular flexibility index (Phi) is 4.06. The van der Waals surface area contributed by atoms with Crippen molar-refractivity contribution in [3.8, 4) is 11.4 Å². The fourth-order valence-electron chi connectivity index (χ4n) is 3.10. The van der Waals surface area contributed by atoms with E-state index in [0.717, 1.165) is 6.07 Å². The van der Waals surface area contributed by atoms with E-state index in [1.807, 2.05) is 24.3 Å². The number of para-hydroxylation sites is 1. The number of nitrogens with zero attached hydrogens (tertiary/aromatic N) is 4. The minimum Gasteiger partial charge on any atom is -0.322 e. The van der Waals surface area contributed by atoms with Gasteiger partial charge in [-0.3, -0.25) is 5.10 Å². The summed E-state index contributed by atoms with van der Waals surface area (Å²) >= 11 is 6.21. The van der Waals surface area contributed by atoms with Crippen molar-refractivity contribution >= 4 is 45.0 Å². The fraction of sp³-hybridized carbons (Fsp3) is 0. The van der Waals surface area contributed by atoms with Gasteiger partial charge >= 0.3 is 0 Å². The molecule has 0 unspecified atom stereocenters. The van der Waals surface area contributed by atoms with Crippen LogP contribution in [0.2, 0.25) is 5.15 Å². The molecule has 0 saturated heterocycles. The van der Waals surface area contributed by atoms with Crippen molar-refractivity contribution < 1.29 is 8.78 Å². The minimum absolute atomic E-state index is 0.0998. The van der Waals surface area contributed by atoms with Crippen molar-refractivity contribution in [2.45, 2.75) is 0 Å². The maximum Gasteiger partial charge on any atom is 0.165 e. The summed E-state index contributed by atoms with van der Waals surface area (Å²) in [6.07, 6.45) is 1.57. The highest BCUT2D eigenvalue weighted by Gasteiger charge is 2.16. The SMILES string of the molecule is Fc1cc(F)c2[nH]nc(Nc3nc(-c4cccnc4Cl)nc4ccccc34)c2c1. The van der Waals surface area contributed by atoms with Crippen LogP contribution in [0, 0.1) is 11.6 Å². The number of hydrogen-bond donors (Lipinski definition) is 2. The lowest BCUT2D eigenvalue weighted by Gasteiger charge is -2.10. The summed E-state index contributed by atoms with van der Waals surface area (Å²) in [5, 5.41) is 11.0. The summed E-state index contributed by atoms with van der Waals surface area (Å²) in [7, 11) is 0. The Balaban J connectivity index is 1.70. The Labute approximate surface area is 167 Å². The number of pyridine rings is 1. The van der Waals surface area contributed by atoms with Crippen LogP contribution in [-0.2, 0) is 0 Å². The van der Waals surface area contributed by atoms with E-state index in [1.54, 1.807) is 18.3 Å². The van der Waals surface area contributed by atoms with Crippen molar-refractivity contribution in [3.63, 3.8) is 0 Å². The average molecular weight is 409 g/mol. The normalized spacial score (nSPS) is 11.3. The predicted molar refractivity (Wildman–Crippen MR) is 107 cm³/mol. The first-order valence-corrected chi connectivity index (χ1v) is 8.96. The van der Waals surface area contributed by atoms with Gasteiger partial charge in [0.1, 0.15) is 22.3 Å². The molecule has 142 valence electrons. The number of aromatic amines is 1. The topological polar surface area (TPSA) is 79.4 Å². The predicted octanol–water partition coefficient (Wildman–Crippen LogP) is 5.24. The highest BCUT2D eigenvalue weighted by molar-refractivity contribution is 6.31. The number of hydrogen-bond acceptors (Lipinski definition) is 5. The van der Waals surface area contributed by atoms with Crippen LogP contribution in [-0.4, -0.2) is 25.1 Å². The summed E-state index contributed by atoms with van der Waals surface area (Å²) < 4.78 is 27.7. The number of aromatic nitrogens is 5. The molecule has 0 bridgehead atoms. The van der Waals surface area contributed by atoms with E-state index in [1.165, 1.54) is 6.07 Å². The van der Waals surface area contributed by atoms with Gasteiger partial charge in [-0.25, -0.2) is 23.7 Å². The zero-order valence-electron chi connectivity index (χ0n) is 14.6. The van der Waals surface area contributed by atoms with Crippen LogP contribution < -0.4 is 5.32 Å². The first-order chi connectivity index (χ1) is 14.1. The second-order valence-corrected chi connectivity index (χ2v) is 6.62. The molecule has 3 heterocycles. The van der Waals surface area contributed by atoms with Crippen molar-refractivity contribution in [2.24, 2.45) is 0 Å². The fourth-order valence-corrected chi connectivity index (χ4v) is 3.30. The first kappa shape index (κ1) is 17.4. The highest BCUT2D eigenvalue weighted by atomic mass is 35.5. The minimum atomic E-state index is -0.726. The third-order valence-electron chi connectivity index (χ3n) is 4.43. The lowest BCUT2D eigenvalue weighted by Crippen LogP contribution is -2.00. The van der Waals surface area contributed by atoms with Crippen LogP contribution in [0.15, 0.2) is 54.7 Å². The number of benzene rings is 2. The average Bonchev–Trinajstić information content (AvgIpc) is 3.11. The van der Waals surface area contributed by atoms with Gasteiger partial charge in [-0.2, -0.15) is 5.10 Å². The lowest BCUT2D eigenvalue weighted by molar-refractivity contribution is 0.590. The van der Waals surface area contributed by atoms with Gasteiger partial charge in [0.2, 0.25) is 0 Å². The molecule has 0 amide bonds. The second kappa shape index (κ2) is 6.75. The number of H-pyrrole nitrogens is 1. The molecule has 0 fully saturated rings. The molecule has 5 rings (SSSR count). The van der Waals surface area contributed by atoms with E-state index in [9.17, 15) is 8.78 Å². The van der Waals surface area contributed by atoms with Gasteiger partial charge in [0.15, 0.2) is 17.5 Å². The number of rotatable bonds is 3. The molecule has 0 aliphatic rings. The number of fused-ring (bicyclic) bond motifs is 2. The molecule has 3 aromatic heterocycles. The lowest BCUT2D eigenvalue weighted by atomic mass is 10.2. The molecular weight excluding hydrogens is 398 g/mol. The maximum atomic E-state index is 14.0. The quantitative estimate of drug-likeness (QED) is 0.399. The maximum absolute atomic E-state index is 14.0. The van der Waals surface area contributed by atoms with Crippen LogP contribution >= 0.6 is 11.6 Å². The van der Waals surface area contributed by atoms with Crippen LogP contribution in [0.5, 0.6) is 0 Å². The standard InChI is InChI=1S/C20H11ClF2N6/c21-17-12(5-3-7-24-17)19-25-15-6-2-1-4-11(15)18(26-19)27-20-13-8-10(22)9-14(23)16(13)28-29-20/h1-9H,(H2,25,26,27,28,29). The molecule has 29 heavy (non-hydrogen) atoms. The van der Waals surface area contributed by atoms with Gasteiger partial charge in [0.05, 0.1) is 16.5 Å². The Morgan fingerprint density at radius 3 is 2.66 bits per heavy atom. The molecule has 5 aromatic rings. The molecule has 9 heteroatoms. The van der Waals surface area contributed by atoms with Crippen molar-refractivity contribution in [1.29, 1.82) is 0 Å². The Hall–Kier alpha value is -3.65. The molecule has 0 aliphatic carbocycles. The summed E-state index contributed by atoms with van der Waals surface area (Å²) in [6, 6.07) is 12.9. The van der Waals surface area contributed by atoms with Gasteiger partial charge in [0.25, 0.3) is 0 Å². The van der Waals surface area contributed by atoms with Crippen LogP contribution in [0.4, 0.5) is 20.4 Å². The zero-order valence-corrected chi connectivity index (χ0v) is 15.4. The molecule has 2 N–H and O–H groups in total. The van der Waals surface area contributed by atoms with E-state index in [2.05, 4.69) is 30.5 Å². The van der Waals surface area contributed by atoms with Crippen molar-refractivity contribution in [2.75, 3.05) is 5.32 Å². The van der Waals surface area contributed by atoms with Gasteiger partial charge in [-0.05, 0) is 30.3 Å². The molecule has 0 radical (unpaired) electrons. The number of anilines is 2. The largest absolute Gasteiger partial charge is 0.322 e. The highest BCUT2D eigenvalue weighted by Crippen LogP contribution is 2.31. The van der Waals surface area contributed by atoms with E-state index in [-0.39, 0.29) is 21.9 Å². The smallest absolute Gasteiger partial charge is 0.165 e. The van der Waals surface area contributed by atoms with Crippen molar-refractivity contribution in [1.82, 2.24) is 25.1 Å². The molecule has 0 atom stereocenters. The van der Waals surface area contributed by atoms with E-state index < -0.39 is 11.6 Å². The van der Waals surface area contributed by atoms with Gasteiger partial charge in [-0.1, -0.05) is 23.7 Å². The van der Waals surface area contributed by atoms with Crippen LogP contribution in [0.25, 0.3) is 33.2 Å². The van der Waals surface area contributed by atoms with Gasteiger partial charge < -0.3 is 5.32 Å². The Morgan fingerprint density at radius 2 is 1.79 bits per heavy atom. The van der Waals surface area contributed by atoms with E-state index in [0.29, 0.717) is 28.1 Å². The van der Waals surface area contributed by atoms with Crippen molar-refractivity contribution in [3.05, 3.63) is 71.5 Å². The molecule has 0 aliphatic heterocycles. The monoisotopic (exact) mass is 408 g/mol. The van der Waals surface area contributed by atoms with Crippen LogP contribution in [0.1, 0.15) is 0 Å². The summed E-state index contributed by atoms with van der Waals surface area (Å²) in [5.74, 6) is -0.402. The molecule has 2 aromatic carbocycles. The van der Waals surface area contributed by atoms with E-state index >= 15 is 0 Å². The first-order valence-electron chi connectivity index (χ1n) is 8.58. The molecular formula is C20H11ClF2N6. The molecule has 6 nitrogen and oxygen atoms in total. The zero-order chi connectivity index (χ0) is 20.0. The van der Waals surface area contributed by atoms with E-state index in [4.69, 9.17) is 11.6 Å². The number of halogens is 3. The third kappa shape index (κ3) is 3.03. The summed E-state index contributed by atoms with van der Waals surface area (Å²) in [4.78, 5) is 13.2. The Morgan fingerprint density at radius 1 is 0.931 bits per heavy atom. The molecule has 0 saturated carbocycles. The second-order valence-electron chi connectivity index (χ2n) is 6.26. The van der Waals surface area contributed by atoms with Crippen LogP contribution in [0.3, 0.4) is 0 Å².